The molecule has 0 aromatic heterocycles. The van der Waals surface area contributed by atoms with Gasteiger partial charge in [0.2, 0.25) is 5.82 Å². The zero-order valence-corrected chi connectivity index (χ0v) is 10.5. The molecule has 3 nitrogen and oxygen atoms in total. The van der Waals surface area contributed by atoms with Gasteiger partial charge in [-0.25, -0.2) is 12.8 Å². The number of rotatable bonds is 4. The Bertz CT molecular complexity index is 543. The maximum absolute atomic E-state index is 13.3. The molecule has 0 radical (unpaired) electrons. The minimum Gasteiger partial charge on any atom is -0.486 e. The normalized spacial score (nSPS) is 12.0. The molecule has 1 aromatic carbocycles. The van der Waals surface area contributed by atoms with E-state index in [2.05, 4.69) is 0 Å². The predicted molar refractivity (Wildman–Crippen MR) is 59.9 cm³/mol. The van der Waals surface area contributed by atoms with Crippen molar-refractivity contribution in [1.82, 2.24) is 0 Å². The van der Waals surface area contributed by atoms with Gasteiger partial charge in [-0.15, -0.1) is 0 Å². The van der Waals surface area contributed by atoms with Crippen LogP contribution in [0.4, 0.5) is 8.78 Å². The van der Waals surface area contributed by atoms with Crippen LogP contribution in [-0.4, -0.2) is 15.0 Å². The van der Waals surface area contributed by atoms with Gasteiger partial charge in [0.05, 0.1) is 0 Å². The van der Waals surface area contributed by atoms with Crippen molar-refractivity contribution in [3.63, 3.8) is 0 Å². The summed E-state index contributed by atoms with van der Waals surface area (Å²) >= 11 is 5.20. The van der Waals surface area contributed by atoms with E-state index in [0.29, 0.717) is 0 Å². The van der Waals surface area contributed by atoms with Crippen LogP contribution in [-0.2, 0) is 9.05 Å². The number of benzene rings is 1. The summed E-state index contributed by atoms with van der Waals surface area (Å²) in [6, 6.07) is 1.79. The molecule has 0 bridgehead atoms. The summed E-state index contributed by atoms with van der Waals surface area (Å²) in [5, 5.41) is 0. The number of hydrogen-bond donors (Lipinski definition) is 0. The molecular weight excluding hydrogens is 297 g/mol. The minimum absolute atomic E-state index is 0.0766. The topological polar surface area (TPSA) is 43.4 Å². The van der Waals surface area contributed by atoms with Crippen LogP contribution in [0.2, 0.25) is 0 Å². The molecule has 0 unspecified atom stereocenters. The third-order valence-electron chi connectivity index (χ3n) is 1.70. The van der Waals surface area contributed by atoms with Crippen LogP contribution in [0.1, 0.15) is 0 Å². The first kappa shape index (κ1) is 14.2. The Hall–Kier alpha value is -0.850. The molecule has 0 saturated heterocycles. The lowest BCUT2D eigenvalue weighted by Crippen LogP contribution is -2.02. The first-order valence-corrected chi connectivity index (χ1v) is 6.93. The molecule has 0 atom stereocenters. The molecule has 0 aliphatic rings. The summed E-state index contributed by atoms with van der Waals surface area (Å²) in [7, 11) is 0.580. The molecule has 0 saturated carbocycles. The average Bonchev–Trinajstić information content (AvgIpc) is 2.23. The summed E-state index contributed by atoms with van der Waals surface area (Å²) in [4.78, 5) is -0.933. The van der Waals surface area contributed by atoms with Gasteiger partial charge < -0.3 is 4.74 Å². The Balaban J connectivity index is 3.11. The lowest BCUT2D eigenvalue weighted by molar-refractivity contribution is 0.330. The van der Waals surface area contributed by atoms with Crippen molar-refractivity contribution in [2.75, 3.05) is 6.61 Å². The second kappa shape index (κ2) is 5.66. The van der Waals surface area contributed by atoms with Crippen molar-refractivity contribution in [3.05, 3.63) is 35.4 Å². The second-order valence-electron chi connectivity index (χ2n) is 2.80. The zero-order chi connectivity index (χ0) is 13.1. The summed E-state index contributed by atoms with van der Waals surface area (Å²) in [5.74, 6) is -3.43. The van der Waals surface area contributed by atoms with Crippen LogP contribution in [0.3, 0.4) is 0 Å². The molecule has 0 aliphatic carbocycles. The zero-order valence-electron chi connectivity index (χ0n) is 8.16. The van der Waals surface area contributed by atoms with Crippen molar-refractivity contribution >= 4 is 31.3 Å². The number of halogens is 4. The summed E-state index contributed by atoms with van der Waals surface area (Å²) in [5.41, 5.74) is 1.14. The van der Waals surface area contributed by atoms with Crippen LogP contribution in [0.25, 0.3) is 0 Å². The van der Waals surface area contributed by atoms with E-state index in [1.54, 1.807) is 0 Å². The Morgan fingerprint density at radius 2 is 1.94 bits per heavy atom. The van der Waals surface area contributed by atoms with Gasteiger partial charge in [0.25, 0.3) is 9.05 Å². The standard InChI is InChI=1S/C9H6Cl2F2O3S/c10-4-1-5-16-6-2-3-7(17(11,14)15)9(13)8(6)12/h1-4H,5H2/b4-1+. The fraction of sp³-hybridized carbons (Fsp3) is 0.111. The quantitative estimate of drug-likeness (QED) is 0.803. The number of hydrogen-bond acceptors (Lipinski definition) is 3. The molecule has 1 aromatic rings. The van der Waals surface area contributed by atoms with Crippen molar-refractivity contribution < 1.29 is 21.9 Å². The third-order valence-corrected chi connectivity index (χ3v) is 3.22. The highest BCUT2D eigenvalue weighted by molar-refractivity contribution is 8.13. The van der Waals surface area contributed by atoms with E-state index in [-0.39, 0.29) is 6.61 Å². The molecular formula is C9H6Cl2F2O3S. The lowest BCUT2D eigenvalue weighted by Gasteiger charge is -2.06. The molecule has 0 heterocycles. The van der Waals surface area contributed by atoms with Gasteiger partial charge in [-0.2, -0.15) is 4.39 Å². The van der Waals surface area contributed by atoms with E-state index in [1.807, 2.05) is 0 Å². The number of ether oxygens (including phenoxy) is 1. The van der Waals surface area contributed by atoms with E-state index < -0.39 is 31.3 Å². The van der Waals surface area contributed by atoms with Gasteiger partial charge in [0.15, 0.2) is 11.6 Å². The summed E-state index contributed by atoms with van der Waals surface area (Å²) in [6.45, 7) is -0.0766. The predicted octanol–water partition coefficient (Wildman–Crippen LogP) is 3.02. The molecule has 8 heteroatoms. The van der Waals surface area contributed by atoms with Gasteiger partial charge in [0.1, 0.15) is 11.5 Å². The smallest absolute Gasteiger partial charge is 0.264 e. The monoisotopic (exact) mass is 302 g/mol. The fourth-order valence-corrected chi connectivity index (χ4v) is 1.95. The van der Waals surface area contributed by atoms with Crippen LogP contribution in [0.15, 0.2) is 28.6 Å². The molecule has 0 spiro atoms. The third kappa shape index (κ3) is 3.55. The Morgan fingerprint density at radius 1 is 1.29 bits per heavy atom. The van der Waals surface area contributed by atoms with E-state index in [1.165, 1.54) is 6.08 Å². The molecule has 0 N–H and O–H groups in total. The maximum Gasteiger partial charge on any atom is 0.264 e. The molecule has 94 valence electrons. The Kier molecular flexibility index (Phi) is 4.73. The first-order chi connectivity index (χ1) is 7.88. The van der Waals surface area contributed by atoms with Gasteiger partial charge in [-0.05, 0) is 18.2 Å². The van der Waals surface area contributed by atoms with Gasteiger partial charge >= 0.3 is 0 Å². The van der Waals surface area contributed by atoms with E-state index in [4.69, 9.17) is 27.0 Å². The van der Waals surface area contributed by atoms with Crippen molar-refractivity contribution in [1.29, 1.82) is 0 Å². The molecule has 0 aliphatic heterocycles. The van der Waals surface area contributed by atoms with Crippen LogP contribution in [0.5, 0.6) is 5.75 Å². The SMILES string of the molecule is O=S(=O)(Cl)c1ccc(OC/C=C/Cl)c(F)c1F. The summed E-state index contributed by atoms with van der Waals surface area (Å²) in [6.07, 6.45) is 1.35. The Morgan fingerprint density at radius 3 is 2.47 bits per heavy atom. The van der Waals surface area contributed by atoms with Crippen LogP contribution >= 0.6 is 22.3 Å². The average molecular weight is 303 g/mol. The highest BCUT2D eigenvalue weighted by atomic mass is 35.7. The maximum atomic E-state index is 13.3. The van der Waals surface area contributed by atoms with Gasteiger partial charge in [-0.1, -0.05) is 11.6 Å². The first-order valence-electron chi connectivity index (χ1n) is 4.18. The van der Waals surface area contributed by atoms with Crippen molar-refractivity contribution in [3.8, 4) is 5.75 Å². The molecule has 0 amide bonds. The minimum atomic E-state index is -4.33. The van der Waals surface area contributed by atoms with Gasteiger partial charge in [0, 0.05) is 16.2 Å². The van der Waals surface area contributed by atoms with E-state index >= 15 is 0 Å². The molecule has 17 heavy (non-hydrogen) atoms. The lowest BCUT2D eigenvalue weighted by atomic mass is 10.3. The van der Waals surface area contributed by atoms with Gasteiger partial charge in [-0.3, -0.25) is 0 Å². The largest absolute Gasteiger partial charge is 0.486 e. The molecule has 0 fully saturated rings. The highest BCUT2D eigenvalue weighted by Crippen LogP contribution is 2.27. The van der Waals surface area contributed by atoms with Crippen LogP contribution in [0, 0.1) is 11.6 Å². The highest BCUT2D eigenvalue weighted by Gasteiger charge is 2.22. The van der Waals surface area contributed by atoms with Crippen molar-refractivity contribution in [2.24, 2.45) is 0 Å². The summed E-state index contributed by atoms with van der Waals surface area (Å²) < 4.78 is 53.2. The van der Waals surface area contributed by atoms with E-state index in [0.717, 1.165) is 17.7 Å². The Labute approximate surface area is 106 Å². The second-order valence-corrected chi connectivity index (χ2v) is 5.59. The fourth-order valence-electron chi connectivity index (χ4n) is 0.988. The van der Waals surface area contributed by atoms with E-state index in [9.17, 15) is 17.2 Å². The molecule has 1 rings (SSSR count). The van der Waals surface area contributed by atoms with Crippen LogP contribution < -0.4 is 4.74 Å². The van der Waals surface area contributed by atoms with Crippen molar-refractivity contribution in [2.45, 2.75) is 4.90 Å².